The van der Waals surface area contributed by atoms with Gasteiger partial charge >= 0.3 is 11.9 Å². The number of rotatable bonds is 10. The van der Waals surface area contributed by atoms with Crippen LogP contribution in [0.25, 0.3) is 0 Å². The van der Waals surface area contributed by atoms with Crippen molar-refractivity contribution < 1.29 is 19.4 Å². The molecule has 0 amide bonds. The van der Waals surface area contributed by atoms with E-state index in [9.17, 15) is 9.59 Å². The molecule has 0 aromatic carbocycles. The molecule has 2 atom stereocenters. The van der Waals surface area contributed by atoms with Crippen molar-refractivity contribution >= 4 is 11.9 Å². The minimum Gasteiger partial charge on any atom is -0.481 e. The number of hydrogen-bond acceptors (Lipinski definition) is 4. The van der Waals surface area contributed by atoms with E-state index in [-0.39, 0.29) is 18.9 Å². The molecule has 0 rings (SSSR count). The third-order valence-corrected chi connectivity index (χ3v) is 2.84. The van der Waals surface area contributed by atoms with E-state index in [2.05, 4.69) is 6.92 Å². The van der Waals surface area contributed by atoms with Crippen LogP contribution in [-0.2, 0) is 14.3 Å². The van der Waals surface area contributed by atoms with Gasteiger partial charge in [0.05, 0.1) is 0 Å². The highest BCUT2D eigenvalue weighted by Crippen LogP contribution is 2.11. The molecule has 5 nitrogen and oxygen atoms in total. The van der Waals surface area contributed by atoms with E-state index in [1.54, 1.807) is 0 Å². The van der Waals surface area contributed by atoms with E-state index in [0.29, 0.717) is 0 Å². The fraction of sp³-hybridized carbons (Fsp3) is 0.846. The Bertz CT molecular complexity index is 255. The Morgan fingerprint density at radius 2 is 1.89 bits per heavy atom. The molecule has 18 heavy (non-hydrogen) atoms. The van der Waals surface area contributed by atoms with Gasteiger partial charge in [-0.05, 0) is 25.7 Å². The van der Waals surface area contributed by atoms with Crippen LogP contribution in [0.4, 0.5) is 0 Å². The molecule has 0 radical (unpaired) electrons. The number of carbonyl (C=O) groups excluding carboxylic acids is 1. The molecule has 3 N–H and O–H groups in total. The monoisotopic (exact) mass is 259 g/mol. The first-order valence-corrected chi connectivity index (χ1v) is 6.69. The lowest BCUT2D eigenvalue weighted by Gasteiger charge is -2.18. The van der Waals surface area contributed by atoms with Gasteiger partial charge in [-0.1, -0.05) is 26.7 Å². The van der Waals surface area contributed by atoms with Crippen LogP contribution in [0.5, 0.6) is 0 Å². The van der Waals surface area contributed by atoms with Crippen molar-refractivity contribution in [1.29, 1.82) is 0 Å². The molecule has 0 fully saturated rings. The quantitative estimate of drug-likeness (QED) is 0.463. The molecule has 0 aliphatic rings. The van der Waals surface area contributed by atoms with Crippen molar-refractivity contribution in [2.45, 2.75) is 70.9 Å². The SMILES string of the molecule is CCCCCC(CC)OC(=O)[C@@H](N)CCC(=O)O. The summed E-state index contributed by atoms with van der Waals surface area (Å²) in [6.07, 6.45) is 4.82. The Morgan fingerprint density at radius 3 is 2.39 bits per heavy atom. The summed E-state index contributed by atoms with van der Waals surface area (Å²) in [6.45, 7) is 4.08. The van der Waals surface area contributed by atoms with Gasteiger partial charge in [0.25, 0.3) is 0 Å². The first kappa shape index (κ1) is 16.9. The molecule has 5 heteroatoms. The van der Waals surface area contributed by atoms with E-state index in [1.807, 2.05) is 6.92 Å². The largest absolute Gasteiger partial charge is 0.481 e. The zero-order valence-electron chi connectivity index (χ0n) is 11.4. The summed E-state index contributed by atoms with van der Waals surface area (Å²) in [5.41, 5.74) is 5.59. The predicted octanol–water partition coefficient (Wildman–Crippen LogP) is 2.08. The Balaban J connectivity index is 3.96. The fourth-order valence-electron chi connectivity index (χ4n) is 1.62. The lowest BCUT2D eigenvalue weighted by atomic mass is 10.1. The van der Waals surface area contributed by atoms with Crippen LogP contribution in [0.3, 0.4) is 0 Å². The molecular weight excluding hydrogens is 234 g/mol. The van der Waals surface area contributed by atoms with Crippen molar-refractivity contribution in [2.75, 3.05) is 0 Å². The lowest BCUT2D eigenvalue weighted by molar-refractivity contribution is -0.151. The molecule has 0 spiro atoms. The summed E-state index contributed by atoms with van der Waals surface area (Å²) in [5.74, 6) is -1.44. The first-order chi connectivity index (χ1) is 8.51. The van der Waals surface area contributed by atoms with Gasteiger partial charge in [-0.2, -0.15) is 0 Å². The van der Waals surface area contributed by atoms with Crippen LogP contribution >= 0.6 is 0 Å². The number of hydrogen-bond donors (Lipinski definition) is 2. The molecule has 0 aromatic heterocycles. The van der Waals surface area contributed by atoms with Gasteiger partial charge in [0.1, 0.15) is 12.1 Å². The molecule has 0 saturated heterocycles. The molecule has 0 saturated carbocycles. The fourth-order valence-corrected chi connectivity index (χ4v) is 1.62. The number of esters is 1. The first-order valence-electron chi connectivity index (χ1n) is 6.69. The minimum absolute atomic E-state index is 0.0973. The third kappa shape index (κ3) is 8.06. The normalized spacial score (nSPS) is 13.9. The molecule has 0 aromatic rings. The average molecular weight is 259 g/mol. The maximum absolute atomic E-state index is 11.6. The molecule has 0 aliphatic carbocycles. The minimum atomic E-state index is -0.951. The molecule has 0 heterocycles. The highest BCUT2D eigenvalue weighted by Gasteiger charge is 2.19. The maximum atomic E-state index is 11.6. The summed E-state index contributed by atoms with van der Waals surface area (Å²) in [5, 5.41) is 8.51. The standard InChI is InChI=1S/C13H25NO4/c1-3-5-6-7-10(4-2)18-13(17)11(14)8-9-12(15)16/h10-11H,3-9,14H2,1-2H3,(H,15,16)/t10?,11-/m0/s1. The van der Waals surface area contributed by atoms with Crippen molar-refractivity contribution in [3.63, 3.8) is 0 Å². The Labute approximate surface area is 109 Å². The van der Waals surface area contributed by atoms with E-state index in [0.717, 1.165) is 32.1 Å². The molecule has 106 valence electrons. The number of carboxylic acids is 1. The van der Waals surface area contributed by atoms with Crippen molar-refractivity contribution in [2.24, 2.45) is 5.73 Å². The van der Waals surface area contributed by atoms with Gasteiger partial charge in [0.2, 0.25) is 0 Å². The number of aliphatic carboxylic acids is 1. The topological polar surface area (TPSA) is 89.6 Å². The van der Waals surface area contributed by atoms with Crippen LogP contribution in [0.15, 0.2) is 0 Å². The van der Waals surface area contributed by atoms with Gasteiger partial charge in [0, 0.05) is 6.42 Å². The Kier molecular flexibility index (Phi) is 9.28. The summed E-state index contributed by atoms with van der Waals surface area (Å²) in [7, 11) is 0. The Hall–Kier alpha value is -1.10. The van der Waals surface area contributed by atoms with Crippen LogP contribution in [0.2, 0.25) is 0 Å². The zero-order chi connectivity index (χ0) is 14.0. The zero-order valence-corrected chi connectivity index (χ0v) is 11.4. The van der Waals surface area contributed by atoms with Gasteiger partial charge in [0.15, 0.2) is 0 Å². The highest BCUT2D eigenvalue weighted by atomic mass is 16.5. The summed E-state index contributed by atoms with van der Waals surface area (Å²) in [6, 6.07) is -0.832. The van der Waals surface area contributed by atoms with Crippen LogP contribution in [0, 0.1) is 0 Å². The molecular formula is C13H25NO4. The highest BCUT2D eigenvalue weighted by molar-refractivity contribution is 5.76. The van der Waals surface area contributed by atoms with Gasteiger partial charge in [-0.3, -0.25) is 9.59 Å². The predicted molar refractivity (Wildman–Crippen MR) is 69.2 cm³/mol. The van der Waals surface area contributed by atoms with Crippen LogP contribution in [-0.4, -0.2) is 29.2 Å². The van der Waals surface area contributed by atoms with Crippen LogP contribution < -0.4 is 5.73 Å². The van der Waals surface area contributed by atoms with E-state index >= 15 is 0 Å². The second-order valence-corrected chi connectivity index (χ2v) is 4.50. The van der Waals surface area contributed by atoms with Gasteiger partial charge in [-0.25, -0.2) is 0 Å². The number of carbonyl (C=O) groups is 2. The summed E-state index contributed by atoms with van der Waals surface area (Å²) < 4.78 is 5.28. The van der Waals surface area contributed by atoms with Crippen molar-refractivity contribution in [3.8, 4) is 0 Å². The summed E-state index contributed by atoms with van der Waals surface area (Å²) in [4.78, 5) is 22.0. The van der Waals surface area contributed by atoms with Gasteiger partial charge in [-0.15, -0.1) is 0 Å². The number of unbranched alkanes of at least 4 members (excludes halogenated alkanes) is 2. The average Bonchev–Trinajstić information content (AvgIpc) is 2.34. The van der Waals surface area contributed by atoms with E-state index < -0.39 is 18.0 Å². The number of carboxylic acid groups (broad SMARTS) is 1. The number of ether oxygens (including phenoxy) is 1. The summed E-state index contributed by atoms with van der Waals surface area (Å²) >= 11 is 0. The van der Waals surface area contributed by atoms with E-state index in [4.69, 9.17) is 15.6 Å². The van der Waals surface area contributed by atoms with E-state index in [1.165, 1.54) is 0 Å². The second kappa shape index (κ2) is 9.88. The number of nitrogens with two attached hydrogens (primary N) is 1. The van der Waals surface area contributed by atoms with Crippen molar-refractivity contribution in [1.82, 2.24) is 0 Å². The van der Waals surface area contributed by atoms with Crippen LogP contribution in [0.1, 0.15) is 58.8 Å². The third-order valence-electron chi connectivity index (χ3n) is 2.84. The maximum Gasteiger partial charge on any atom is 0.323 e. The second-order valence-electron chi connectivity index (χ2n) is 4.50. The smallest absolute Gasteiger partial charge is 0.323 e. The molecule has 1 unspecified atom stereocenters. The lowest BCUT2D eigenvalue weighted by Crippen LogP contribution is -2.35. The molecule has 0 aliphatic heterocycles. The molecule has 0 bridgehead atoms. The van der Waals surface area contributed by atoms with Gasteiger partial charge < -0.3 is 15.6 Å². The van der Waals surface area contributed by atoms with Crippen molar-refractivity contribution in [3.05, 3.63) is 0 Å². The Morgan fingerprint density at radius 1 is 1.22 bits per heavy atom.